The van der Waals surface area contributed by atoms with Crippen LogP contribution in [0.25, 0.3) is 11.5 Å². The minimum absolute atomic E-state index is 0.376. The van der Waals surface area contributed by atoms with Crippen LogP contribution in [-0.2, 0) is 11.2 Å². The van der Waals surface area contributed by atoms with E-state index in [0.29, 0.717) is 47.6 Å². The van der Waals surface area contributed by atoms with Crippen molar-refractivity contribution in [3.63, 3.8) is 0 Å². The molecular weight excluding hydrogens is 254 g/mol. The van der Waals surface area contributed by atoms with Crippen LogP contribution in [0.15, 0.2) is 22.7 Å². The number of nitrogens with zero attached hydrogens (tertiary/aromatic N) is 2. The standard InChI is InChI=1S/C12H14ClN3O2/c1-2-17-7-6-10-15-12(18-16-10)8-4-3-5-9(13)11(8)14/h3-5H,2,6-7,14H2,1H3. The SMILES string of the molecule is CCOCCc1noc(-c2cccc(Cl)c2N)n1. The van der Waals surface area contributed by atoms with Crippen LogP contribution in [0.2, 0.25) is 5.02 Å². The monoisotopic (exact) mass is 267 g/mol. The Morgan fingerprint density at radius 1 is 1.44 bits per heavy atom. The van der Waals surface area contributed by atoms with Crippen LogP contribution in [0, 0.1) is 0 Å². The molecule has 6 heteroatoms. The molecule has 0 aliphatic rings. The summed E-state index contributed by atoms with van der Waals surface area (Å²) in [5.41, 5.74) is 6.96. The third-order valence-electron chi connectivity index (χ3n) is 2.43. The summed E-state index contributed by atoms with van der Waals surface area (Å²) in [4.78, 5) is 4.26. The van der Waals surface area contributed by atoms with E-state index < -0.39 is 0 Å². The first-order valence-electron chi connectivity index (χ1n) is 5.67. The lowest BCUT2D eigenvalue weighted by Gasteiger charge is -2.01. The molecule has 2 N–H and O–H groups in total. The topological polar surface area (TPSA) is 74.2 Å². The van der Waals surface area contributed by atoms with E-state index in [1.165, 1.54) is 0 Å². The largest absolute Gasteiger partial charge is 0.397 e. The van der Waals surface area contributed by atoms with Crippen molar-refractivity contribution in [2.24, 2.45) is 0 Å². The number of nitrogens with two attached hydrogens (primary N) is 1. The number of hydrogen-bond acceptors (Lipinski definition) is 5. The molecule has 0 radical (unpaired) electrons. The van der Waals surface area contributed by atoms with E-state index in [1.807, 2.05) is 6.92 Å². The van der Waals surface area contributed by atoms with E-state index in [9.17, 15) is 0 Å². The van der Waals surface area contributed by atoms with E-state index in [0.717, 1.165) is 0 Å². The van der Waals surface area contributed by atoms with E-state index in [4.69, 9.17) is 26.6 Å². The minimum atomic E-state index is 0.376. The van der Waals surface area contributed by atoms with Gasteiger partial charge in [0.1, 0.15) is 0 Å². The maximum atomic E-state index is 5.94. The van der Waals surface area contributed by atoms with Gasteiger partial charge in [0, 0.05) is 13.0 Å². The first-order valence-corrected chi connectivity index (χ1v) is 6.05. The number of benzene rings is 1. The zero-order valence-corrected chi connectivity index (χ0v) is 10.8. The number of rotatable bonds is 5. The van der Waals surface area contributed by atoms with Crippen LogP contribution >= 0.6 is 11.6 Å². The second-order valence-electron chi connectivity index (χ2n) is 3.66. The summed E-state index contributed by atoms with van der Waals surface area (Å²) in [6.45, 7) is 3.18. The van der Waals surface area contributed by atoms with E-state index in [1.54, 1.807) is 18.2 Å². The van der Waals surface area contributed by atoms with Gasteiger partial charge in [0.25, 0.3) is 5.89 Å². The molecule has 0 aliphatic carbocycles. The maximum Gasteiger partial charge on any atom is 0.260 e. The van der Waals surface area contributed by atoms with E-state index in [2.05, 4.69) is 10.1 Å². The van der Waals surface area contributed by atoms with Gasteiger partial charge in [-0.15, -0.1) is 0 Å². The Labute approximate surface area is 110 Å². The highest BCUT2D eigenvalue weighted by atomic mass is 35.5. The Bertz CT molecular complexity index is 528. The van der Waals surface area contributed by atoms with Gasteiger partial charge >= 0.3 is 0 Å². The van der Waals surface area contributed by atoms with Crippen molar-refractivity contribution in [1.82, 2.24) is 10.1 Å². The molecule has 1 heterocycles. The van der Waals surface area contributed by atoms with E-state index in [-0.39, 0.29) is 0 Å². The third kappa shape index (κ3) is 2.80. The quantitative estimate of drug-likeness (QED) is 0.666. The Morgan fingerprint density at radius 3 is 3.06 bits per heavy atom. The van der Waals surface area contributed by atoms with Crippen molar-refractivity contribution in [3.8, 4) is 11.5 Å². The van der Waals surface area contributed by atoms with Gasteiger partial charge in [-0.3, -0.25) is 0 Å². The van der Waals surface area contributed by atoms with Crippen molar-refractivity contribution >= 4 is 17.3 Å². The molecule has 96 valence electrons. The number of para-hydroxylation sites is 1. The lowest BCUT2D eigenvalue weighted by Crippen LogP contribution is -1.99. The van der Waals surface area contributed by atoms with Crippen molar-refractivity contribution < 1.29 is 9.26 Å². The van der Waals surface area contributed by atoms with Crippen LogP contribution in [0.5, 0.6) is 0 Å². The van der Waals surface area contributed by atoms with E-state index >= 15 is 0 Å². The van der Waals surface area contributed by atoms with Crippen molar-refractivity contribution in [3.05, 3.63) is 29.0 Å². The summed E-state index contributed by atoms with van der Waals surface area (Å²) in [5, 5.41) is 4.34. The lowest BCUT2D eigenvalue weighted by atomic mass is 10.2. The predicted molar refractivity (Wildman–Crippen MR) is 69.4 cm³/mol. The van der Waals surface area contributed by atoms with Gasteiger partial charge in [0.05, 0.1) is 22.9 Å². The smallest absolute Gasteiger partial charge is 0.260 e. The maximum absolute atomic E-state index is 5.94. The summed E-state index contributed by atoms with van der Waals surface area (Å²) in [6.07, 6.45) is 0.609. The number of nitrogen functional groups attached to an aromatic ring is 1. The molecule has 0 aliphatic heterocycles. The predicted octanol–water partition coefficient (Wildman–Crippen LogP) is 2.55. The fourth-order valence-corrected chi connectivity index (χ4v) is 1.67. The number of anilines is 1. The molecule has 1 aromatic heterocycles. The number of ether oxygens (including phenoxy) is 1. The zero-order valence-electron chi connectivity index (χ0n) is 10.0. The molecule has 5 nitrogen and oxygen atoms in total. The number of halogens is 1. The minimum Gasteiger partial charge on any atom is -0.397 e. The van der Waals surface area contributed by atoms with Crippen LogP contribution in [0.1, 0.15) is 12.7 Å². The van der Waals surface area contributed by atoms with Crippen LogP contribution in [0.3, 0.4) is 0 Å². The van der Waals surface area contributed by atoms with Crippen molar-refractivity contribution in [2.75, 3.05) is 18.9 Å². The first kappa shape index (κ1) is 12.9. The summed E-state index contributed by atoms with van der Waals surface area (Å²) in [6, 6.07) is 5.30. The summed E-state index contributed by atoms with van der Waals surface area (Å²) in [7, 11) is 0. The first-order chi connectivity index (χ1) is 8.72. The second kappa shape index (κ2) is 5.84. The molecule has 0 unspecified atom stereocenters. The molecule has 0 atom stereocenters. The molecule has 0 bridgehead atoms. The second-order valence-corrected chi connectivity index (χ2v) is 4.07. The molecule has 18 heavy (non-hydrogen) atoms. The normalized spacial score (nSPS) is 10.8. The fraction of sp³-hybridized carbons (Fsp3) is 0.333. The average molecular weight is 268 g/mol. The van der Waals surface area contributed by atoms with Gasteiger partial charge in [-0.05, 0) is 19.1 Å². The summed E-state index contributed by atoms with van der Waals surface area (Å²) in [5.74, 6) is 0.972. The Balaban J connectivity index is 2.16. The van der Waals surface area contributed by atoms with Gasteiger partial charge in [0.2, 0.25) is 0 Å². The summed E-state index contributed by atoms with van der Waals surface area (Å²) >= 11 is 5.94. The van der Waals surface area contributed by atoms with Gasteiger partial charge in [-0.25, -0.2) is 0 Å². The highest BCUT2D eigenvalue weighted by Crippen LogP contribution is 2.30. The third-order valence-corrected chi connectivity index (χ3v) is 2.76. The van der Waals surface area contributed by atoms with Crippen molar-refractivity contribution in [1.29, 1.82) is 0 Å². The highest BCUT2D eigenvalue weighted by molar-refractivity contribution is 6.33. The highest BCUT2D eigenvalue weighted by Gasteiger charge is 2.13. The zero-order chi connectivity index (χ0) is 13.0. The number of hydrogen-bond donors (Lipinski definition) is 1. The van der Waals surface area contributed by atoms with Crippen LogP contribution in [-0.4, -0.2) is 23.4 Å². The fourth-order valence-electron chi connectivity index (χ4n) is 1.50. The Morgan fingerprint density at radius 2 is 2.28 bits per heavy atom. The molecule has 0 spiro atoms. The van der Waals surface area contributed by atoms with Crippen LogP contribution < -0.4 is 5.73 Å². The molecule has 1 aromatic carbocycles. The molecule has 0 fully saturated rings. The van der Waals surface area contributed by atoms with Gasteiger partial charge in [-0.1, -0.05) is 22.8 Å². The van der Waals surface area contributed by atoms with Gasteiger partial charge in [-0.2, -0.15) is 4.98 Å². The Kier molecular flexibility index (Phi) is 4.17. The van der Waals surface area contributed by atoms with Crippen LogP contribution in [0.4, 0.5) is 5.69 Å². The Hall–Kier alpha value is -1.59. The summed E-state index contributed by atoms with van der Waals surface area (Å²) < 4.78 is 10.4. The van der Waals surface area contributed by atoms with Gasteiger partial charge < -0.3 is 15.0 Å². The molecule has 0 saturated heterocycles. The van der Waals surface area contributed by atoms with Gasteiger partial charge in [0.15, 0.2) is 5.82 Å². The lowest BCUT2D eigenvalue weighted by molar-refractivity contribution is 0.149. The molecule has 0 amide bonds. The molecule has 2 rings (SSSR count). The molecule has 0 saturated carbocycles. The molecule has 2 aromatic rings. The number of aromatic nitrogens is 2. The average Bonchev–Trinajstić information content (AvgIpc) is 2.82. The molecular formula is C12H14ClN3O2. The van der Waals surface area contributed by atoms with Crippen molar-refractivity contribution in [2.45, 2.75) is 13.3 Å².